The molecule has 3 N–H and O–H groups in total. The van der Waals surface area contributed by atoms with Crippen molar-refractivity contribution in [3.63, 3.8) is 0 Å². The molecule has 1 aliphatic rings. The summed E-state index contributed by atoms with van der Waals surface area (Å²) in [5.41, 5.74) is 6.30. The molecule has 0 saturated heterocycles. The molecule has 0 aromatic carbocycles. The molecule has 0 radical (unpaired) electrons. The van der Waals surface area contributed by atoms with Crippen LogP contribution in [0.2, 0.25) is 0 Å². The Bertz CT molecular complexity index is 378. The second-order valence-corrected chi connectivity index (χ2v) is 6.10. The summed E-state index contributed by atoms with van der Waals surface area (Å²) in [5, 5.41) is 5.62. The van der Waals surface area contributed by atoms with Gasteiger partial charge in [-0.3, -0.25) is 4.79 Å². The van der Waals surface area contributed by atoms with Crippen molar-refractivity contribution in [1.82, 2.24) is 5.32 Å². The molecule has 1 aromatic heterocycles. The first-order valence-electron chi connectivity index (χ1n) is 5.37. The van der Waals surface area contributed by atoms with Gasteiger partial charge in [-0.2, -0.15) is 11.8 Å². The lowest BCUT2D eigenvalue weighted by Gasteiger charge is -2.12. The Hall–Kier alpha value is -0.680. The van der Waals surface area contributed by atoms with E-state index in [1.807, 2.05) is 17.1 Å². The summed E-state index contributed by atoms with van der Waals surface area (Å²) in [4.78, 5) is 12.5. The predicted octanol–water partition coefficient (Wildman–Crippen LogP) is 2.34. The Balaban J connectivity index is 1.91. The summed E-state index contributed by atoms with van der Waals surface area (Å²) >= 11 is 3.30. The molecular weight excluding hydrogens is 240 g/mol. The minimum Gasteiger partial charge on any atom is -0.397 e. The van der Waals surface area contributed by atoms with E-state index < -0.39 is 0 Å². The smallest absolute Gasteiger partial charge is 0.263 e. The van der Waals surface area contributed by atoms with E-state index >= 15 is 0 Å². The van der Waals surface area contributed by atoms with Crippen LogP contribution >= 0.6 is 23.1 Å². The summed E-state index contributed by atoms with van der Waals surface area (Å²) in [5.74, 6) is -0.0146. The van der Waals surface area contributed by atoms with Gasteiger partial charge in [-0.1, -0.05) is 0 Å². The van der Waals surface area contributed by atoms with Gasteiger partial charge < -0.3 is 11.1 Å². The molecule has 0 aliphatic heterocycles. The van der Waals surface area contributed by atoms with Crippen molar-refractivity contribution in [1.29, 1.82) is 0 Å². The van der Waals surface area contributed by atoms with Gasteiger partial charge >= 0.3 is 0 Å². The zero-order valence-electron chi connectivity index (χ0n) is 9.23. The average Bonchev–Trinajstić information content (AvgIpc) is 2.86. The highest BCUT2D eigenvalue weighted by Crippen LogP contribution is 2.28. The summed E-state index contributed by atoms with van der Waals surface area (Å²) < 4.78 is 0. The van der Waals surface area contributed by atoms with Crippen molar-refractivity contribution >= 4 is 34.7 Å². The van der Waals surface area contributed by atoms with Crippen LogP contribution in [0, 0.1) is 0 Å². The number of amides is 1. The Morgan fingerprint density at radius 2 is 2.44 bits per heavy atom. The number of nitrogens with two attached hydrogens (primary N) is 1. The van der Waals surface area contributed by atoms with Gasteiger partial charge in [-0.15, -0.1) is 11.3 Å². The normalized spacial score (nSPS) is 24.6. The second-order valence-electron chi connectivity index (χ2n) is 4.05. The minimum absolute atomic E-state index is 0.0146. The van der Waals surface area contributed by atoms with Crippen LogP contribution in [0.3, 0.4) is 0 Å². The van der Waals surface area contributed by atoms with Gasteiger partial charge in [0.2, 0.25) is 0 Å². The number of nitrogens with one attached hydrogen (secondary N) is 1. The lowest BCUT2D eigenvalue weighted by atomic mass is 10.2. The molecule has 2 rings (SSSR count). The predicted molar refractivity (Wildman–Crippen MR) is 71.1 cm³/mol. The molecule has 1 aromatic rings. The van der Waals surface area contributed by atoms with Crippen molar-refractivity contribution in [3.05, 3.63) is 16.3 Å². The Morgan fingerprint density at radius 1 is 1.62 bits per heavy atom. The summed E-state index contributed by atoms with van der Waals surface area (Å²) in [6.07, 6.45) is 5.50. The highest BCUT2D eigenvalue weighted by molar-refractivity contribution is 7.99. The highest BCUT2D eigenvalue weighted by atomic mass is 32.2. The zero-order chi connectivity index (χ0) is 11.5. The van der Waals surface area contributed by atoms with Crippen molar-refractivity contribution in [2.24, 2.45) is 0 Å². The maximum atomic E-state index is 11.9. The van der Waals surface area contributed by atoms with E-state index in [1.165, 1.54) is 17.8 Å². The Morgan fingerprint density at radius 3 is 3.00 bits per heavy atom. The number of thiophene rings is 1. The molecule has 1 saturated carbocycles. The molecular formula is C11H16N2OS2. The van der Waals surface area contributed by atoms with E-state index in [2.05, 4.69) is 11.6 Å². The third-order valence-corrected chi connectivity index (χ3v) is 4.98. The monoisotopic (exact) mass is 256 g/mol. The van der Waals surface area contributed by atoms with E-state index in [1.54, 1.807) is 6.07 Å². The number of anilines is 1. The third kappa shape index (κ3) is 2.52. The first kappa shape index (κ1) is 11.8. The fourth-order valence-electron chi connectivity index (χ4n) is 2.04. The van der Waals surface area contributed by atoms with Gasteiger partial charge in [-0.05, 0) is 37.0 Å². The fraction of sp³-hybridized carbons (Fsp3) is 0.545. The molecule has 5 heteroatoms. The number of nitrogen functional groups attached to an aromatic ring is 1. The van der Waals surface area contributed by atoms with Crippen LogP contribution in [0.15, 0.2) is 11.4 Å². The van der Waals surface area contributed by atoms with E-state index in [-0.39, 0.29) is 5.91 Å². The first-order chi connectivity index (χ1) is 7.70. The number of hydrogen-bond acceptors (Lipinski definition) is 4. The van der Waals surface area contributed by atoms with Crippen LogP contribution in [0.1, 0.15) is 28.9 Å². The summed E-state index contributed by atoms with van der Waals surface area (Å²) in [7, 11) is 0. The topological polar surface area (TPSA) is 55.1 Å². The minimum atomic E-state index is -0.0146. The van der Waals surface area contributed by atoms with Crippen molar-refractivity contribution in [3.8, 4) is 0 Å². The third-order valence-electron chi connectivity index (χ3n) is 2.95. The van der Waals surface area contributed by atoms with Crippen molar-refractivity contribution in [2.75, 3.05) is 12.0 Å². The van der Waals surface area contributed by atoms with Crippen LogP contribution in [0.4, 0.5) is 5.69 Å². The first-order valence-corrected chi connectivity index (χ1v) is 7.54. The van der Waals surface area contributed by atoms with Crippen LogP contribution in [-0.4, -0.2) is 23.5 Å². The number of carbonyl (C=O) groups is 1. The van der Waals surface area contributed by atoms with Gasteiger partial charge in [0, 0.05) is 11.3 Å². The highest BCUT2D eigenvalue weighted by Gasteiger charge is 2.26. The lowest BCUT2D eigenvalue weighted by Crippen LogP contribution is -2.32. The molecule has 16 heavy (non-hydrogen) atoms. The molecule has 2 unspecified atom stereocenters. The van der Waals surface area contributed by atoms with E-state index in [9.17, 15) is 4.79 Å². The molecule has 3 nitrogen and oxygen atoms in total. The SMILES string of the molecule is CSC1CCC(NC(=O)c2sccc2N)C1. The van der Waals surface area contributed by atoms with Crippen molar-refractivity contribution in [2.45, 2.75) is 30.6 Å². The molecule has 1 aliphatic carbocycles. The van der Waals surface area contributed by atoms with Crippen molar-refractivity contribution < 1.29 is 4.79 Å². The molecule has 1 amide bonds. The van der Waals surface area contributed by atoms with Gasteiger partial charge in [0.15, 0.2) is 0 Å². The van der Waals surface area contributed by atoms with Gasteiger partial charge in [0.1, 0.15) is 4.88 Å². The van der Waals surface area contributed by atoms with E-state index in [0.29, 0.717) is 21.9 Å². The molecule has 1 fully saturated rings. The van der Waals surface area contributed by atoms with Crippen LogP contribution < -0.4 is 11.1 Å². The lowest BCUT2D eigenvalue weighted by molar-refractivity contribution is 0.0943. The Labute approximate surface area is 104 Å². The molecule has 88 valence electrons. The Kier molecular flexibility index (Phi) is 3.76. The molecule has 1 heterocycles. The maximum absolute atomic E-state index is 11.9. The quantitative estimate of drug-likeness (QED) is 0.873. The standard InChI is InChI=1S/C11H16N2OS2/c1-15-8-3-2-7(6-8)13-11(14)10-9(12)4-5-16-10/h4-5,7-8H,2-3,6,12H2,1H3,(H,13,14). The number of carbonyl (C=O) groups excluding carboxylic acids is 1. The van der Waals surface area contributed by atoms with Crippen LogP contribution in [-0.2, 0) is 0 Å². The maximum Gasteiger partial charge on any atom is 0.263 e. The van der Waals surface area contributed by atoms with Crippen LogP contribution in [0.5, 0.6) is 0 Å². The molecule has 0 bridgehead atoms. The summed E-state index contributed by atoms with van der Waals surface area (Å²) in [6, 6.07) is 2.10. The van der Waals surface area contributed by atoms with Gasteiger partial charge in [0.25, 0.3) is 5.91 Å². The number of rotatable bonds is 3. The van der Waals surface area contributed by atoms with E-state index in [4.69, 9.17) is 5.73 Å². The second kappa shape index (κ2) is 5.10. The molecule has 0 spiro atoms. The average molecular weight is 256 g/mol. The number of hydrogen-bond donors (Lipinski definition) is 2. The number of thioether (sulfide) groups is 1. The van der Waals surface area contributed by atoms with E-state index in [0.717, 1.165) is 12.8 Å². The summed E-state index contributed by atoms with van der Waals surface area (Å²) in [6.45, 7) is 0. The zero-order valence-corrected chi connectivity index (χ0v) is 10.9. The largest absolute Gasteiger partial charge is 0.397 e. The fourth-order valence-corrected chi connectivity index (χ4v) is 3.56. The molecule has 2 atom stereocenters. The van der Waals surface area contributed by atoms with Gasteiger partial charge in [0.05, 0.1) is 5.69 Å². The van der Waals surface area contributed by atoms with Crippen LogP contribution in [0.25, 0.3) is 0 Å². The van der Waals surface area contributed by atoms with Gasteiger partial charge in [-0.25, -0.2) is 0 Å².